The van der Waals surface area contributed by atoms with Gasteiger partial charge >= 0.3 is 0 Å². The first-order valence-electron chi connectivity index (χ1n) is 50.3. The van der Waals surface area contributed by atoms with Crippen LogP contribution in [0.25, 0.3) is 287 Å². The van der Waals surface area contributed by atoms with Crippen LogP contribution >= 0.6 is 34.0 Å². The highest BCUT2D eigenvalue weighted by atomic mass is 32.1. The van der Waals surface area contributed by atoms with E-state index in [1.165, 1.54) is 247 Å². The van der Waals surface area contributed by atoms with Gasteiger partial charge in [-0.2, -0.15) is 0 Å². The molecule has 0 spiro atoms. The lowest BCUT2D eigenvalue weighted by Gasteiger charge is -2.14. The van der Waals surface area contributed by atoms with Crippen molar-refractivity contribution in [3.05, 3.63) is 522 Å². The van der Waals surface area contributed by atoms with E-state index in [2.05, 4.69) is 487 Å². The van der Waals surface area contributed by atoms with E-state index in [1.54, 1.807) is 0 Å². The summed E-state index contributed by atoms with van der Waals surface area (Å²) in [5.74, 6) is 0. The van der Waals surface area contributed by atoms with Gasteiger partial charge in [-0.05, 0) is 222 Å². The first-order chi connectivity index (χ1) is 73.4. The quantitative estimate of drug-likeness (QED) is 0.122. The van der Waals surface area contributed by atoms with Gasteiger partial charge in [0.05, 0.1) is 61.6 Å². The van der Waals surface area contributed by atoms with Crippen molar-refractivity contribution in [3.8, 4) is 118 Å². The predicted molar refractivity (Wildman–Crippen MR) is 633 cm³/mol. The van der Waals surface area contributed by atoms with Crippen LogP contribution in [-0.2, 0) is 0 Å². The molecule has 22 aromatic carbocycles. The van der Waals surface area contributed by atoms with Crippen LogP contribution in [0.15, 0.2) is 522 Å². The number of benzene rings is 22. The van der Waals surface area contributed by atoms with Crippen molar-refractivity contribution >= 4 is 203 Å². The van der Waals surface area contributed by atoms with Crippen LogP contribution in [0, 0.1) is 0 Å². The summed E-state index contributed by atoms with van der Waals surface area (Å²) in [4.78, 5) is 14.6. The van der Waals surface area contributed by atoms with E-state index < -0.39 is 0 Å². The van der Waals surface area contributed by atoms with Crippen molar-refractivity contribution in [2.45, 2.75) is 0 Å². The molecule has 0 unspecified atom stereocenters. The lowest BCUT2D eigenvalue weighted by Crippen LogP contribution is -2.00. The normalized spacial score (nSPS) is 11.8. The van der Waals surface area contributed by atoms with Gasteiger partial charge in [0.25, 0.3) is 0 Å². The lowest BCUT2D eigenvalue weighted by molar-refractivity contribution is 1.15. The number of hydrogen-bond donors (Lipinski definition) is 0. The van der Waals surface area contributed by atoms with Crippen molar-refractivity contribution in [2.75, 3.05) is 0 Å². The third-order valence-corrected chi connectivity index (χ3v) is 33.4. The van der Waals surface area contributed by atoms with Gasteiger partial charge in [0.15, 0.2) is 0 Å². The van der Waals surface area contributed by atoms with E-state index >= 15 is 0 Å². The van der Waals surface area contributed by atoms with Gasteiger partial charge in [-0.1, -0.05) is 376 Å². The molecule has 690 valence electrons. The third kappa shape index (κ3) is 14.5. The molecular formula is C139H86N6S3. The Balaban J connectivity index is 0.000000105. The molecule has 0 aliphatic carbocycles. The number of aromatic nitrogens is 6. The maximum atomic E-state index is 5.14. The largest absolute Gasteiger partial charge is 0.309 e. The van der Waals surface area contributed by atoms with Gasteiger partial charge in [-0.15, -0.1) is 34.0 Å². The Morgan fingerprint density at radius 2 is 0.419 bits per heavy atom. The maximum Gasteiger partial charge on any atom is 0.0915 e. The van der Waals surface area contributed by atoms with Gasteiger partial charge in [-0.3, -0.25) is 9.97 Å². The SMILES string of the molecule is c1ccc(-c2ccc(-n3c4ccc(-c5ccccc5)cc4c4c5c6cc(-c7ccccc7)ccc6sc5c5ccccc5c43)cc2)cc1.c1ccc(-c2ccc3sc4c5ccccc5c5c(c6cc(-c7ccccc7)ccc6n5-c5cc(-c6ccccn6)nc(-c6ccccn6)c5)c4c3c2)cc1.c1ccc(-c2ccc3sc4c5ccccc5c5c(c6cc(-c7ccccc7)ccc6n5-c5ccc6ccccc6c5)c4c3c2)cc1. The average Bonchev–Trinajstić information content (AvgIpc) is 1.54. The Bertz CT molecular complexity index is 10600. The van der Waals surface area contributed by atoms with Crippen LogP contribution in [0.2, 0.25) is 0 Å². The Morgan fingerprint density at radius 1 is 0.155 bits per heavy atom. The molecule has 0 aliphatic heterocycles. The molecule has 0 aliphatic rings. The topological polar surface area (TPSA) is 53.5 Å². The Morgan fingerprint density at radius 3 is 0.757 bits per heavy atom. The Labute approximate surface area is 864 Å². The van der Waals surface area contributed by atoms with E-state index in [-0.39, 0.29) is 0 Å². The lowest BCUT2D eigenvalue weighted by atomic mass is 9.96. The minimum absolute atomic E-state index is 0.795. The summed E-state index contributed by atoms with van der Waals surface area (Å²) in [5.41, 5.74) is 31.0. The van der Waals surface area contributed by atoms with Crippen molar-refractivity contribution in [1.29, 1.82) is 0 Å². The zero-order chi connectivity index (χ0) is 97.4. The molecular weight excluding hydrogens is 1850 g/mol. The first-order valence-corrected chi connectivity index (χ1v) is 52.8. The minimum atomic E-state index is 0.795. The molecule has 6 nitrogen and oxygen atoms in total. The second kappa shape index (κ2) is 35.8. The maximum absolute atomic E-state index is 5.14. The zero-order valence-corrected chi connectivity index (χ0v) is 82.5. The van der Waals surface area contributed by atoms with E-state index in [0.29, 0.717) is 0 Å². The molecule has 0 atom stereocenters. The van der Waals surface area contributed by atoms with Gasteiger partial charge < -0.3 is 13.7 Å². The number of nitrogens with zero attached hydrogens (tertiary/aromatic N) is 6. The molecule has 148 heavy (non-hydrogen) atoms. The van der Waals surface area contributed by atoms with E-state index in [4.69, 9.17) is 15.0 Å². The van der Waals surface area contributed by atoms with Crippen LogP contribution in [0.1, 0.15) is 0 Å². The minimum Gasteiger partial charge on any atom is -0.309 e. The van der Waals surface area contributed by atoms with Crippen molar-refractivity contribution in [1.82, 2.24) is 28.7 Å². The molecule has 0 amide bonds. The molecule has 9 heteroatoms. The summed E-state index contributed by atoms with van der Waals surface area (Å²) < 4.78 is 15.4. The monoisotopic (exact) mass is 1930 g/mol. The van der Waals surface area contributed by atoms with E-state index in [9.17, 15) is 0 Å². The first kappa shape index (κ1) is 86.1. The Kier molecular flexibility index (Phi) is 20.8. The third-order valence-electron chi connectivity index (χ3n) is 29.8. The van der Waals surface area contributed by atoms with Crippen LogP contribution in [0.3, 0.4) is 0 Å². The second-order valence-corrected chi connectivity index (χ2v) is 41.4. The summed E-state index contributed by atoms with van der Waals surface area (Å²) in [6, 6.07) is 185. The number of pyridine rings is 3. The molecule has 0 N–H and O–H groups in total. The summed E-state index contributed by atoms with van der Waals surface area (Å²) >= 11 is 5.72. The summed E-state index contributed by atoms with van der Waals surface area (Å²) in [7, 11) is 0. The van der Waals surface area contributed by atoms with E-state index in [0.717, 1.165) is 39.7 Å². The van der Waals surface area contributed by atoms with Gasteiger partial charge in [0.1, 0.15) is 0 Å². The summed E-state index contributed by atoms with van der Waals surface area (Å²) in [6.45, 7) is 0. The van der Waals surface area contributed by atoms with Crippen molar-refractivity contribution in [3.63, 3.8) is 0 Å². The highest BCUT2D eigenvalue weighted by Crippen LogP contribution is 2.55. The molecule has 31 rings (SSSR count). The predicted octanol–water partition coefficient (Wildman–Crippen LogP) is 39.3. The number of fused-ring (bicyclic) bond motifs is 31. The standard InChI is InChI=1S/C49H30N4S.C46H29NS.C44H27NS/c1-3-13-31(14-4-1)33-21-23-44-38(27-33)46-47-39-28-34(32-15-5-2-6-16-32)22-24-45(39)54-49(47)37-18-8-7-17-36(37)48(46)53(44)35-29-42(40-19-9-11-25-50-40)52-43(30-35)41-20-10-12-26-51-41;1-4-12-30(13-5-1)33-20-24-36(25-21-33)47-41-26-22-34(31-14-6-2-7-15-31)28-39(41)43-44-40-29-35(32-16-8-3-9-17-32)23-27-42(40)48-46(44)38-19-11-10-18-37(38)45(43)47;1-3-11-28(12-4-1)32-20-23-39-37(26-32)41-42-38-27-33(29-13-5-2-6-14-29)21-24-40(38)46-44(42)36-18-10-9-17-35(36)43(41)45(39)34-22-19-30-15-7-8-16-31(30)25-34/h1-30H;1-29H;1-27H. The van der Waals surface area contributed by atoms with Gasteiger partial charge in [-0.25, -0.2) is 4.98 Å². The molecule has 0 bridgehead atoms. The molecule has 9 aromatic heterocycles. The number of thiophene rings is 3. The van der Waals surface area contributed by atoms with Gasteiger partial charge in [0, 0.05) is 149 Å². The summed E-state index contributed by atoms with van der Waals surface area (Å²) in [5, 5.41) is 25.7. The molecule has 0 saturated heterocycles. The molecule has 31 aromatic rings. The molecule has 0 saturated carbocycles. The number of rotatable bonds is 12. The molecule has 0 fully saturated rings. The van der Waals surface area contributed by atoms with Gasteiger partial charge in [0.2, 0.25) is 0 Å². The van der Waals surface area contributed by atoms with E-state index in [1.807, 2.05) is 82.8 Å². The summed E-state index contributed by atoms with van der Waals surface area (Å²) in [6.07, 6.45) is 3.65. The zero-order valence-electron chi connectivity index (χ0n) is 80.1. The average molecular weight is 1940 g/mol. The smallest absolute Gasteiger partial charge is 0.0915 e. The fraction of sp³-hybridized carbons (Fsp3) is 0. The molecule has 9 heterocycles. The molecule has 0 radical (unpaired) electrons. The fourth-order valence-corrected chi connectivity index (χ4v) is 26.7. The Hall–Kier alpha value is -18.6. The van der Waals surface area contributed by atoms with Crippen molar-refractivity contribution < 1.29 is 0 Å². The van der Waals surface area contributed by atoms with Crippen LogP contribution in [-0.4, -0.2) is 28.7 Å². The highest BCUT2D eigenvalue weighted by Gasteiger charge is 2.29. The van der Waals surface area contributed by atoms with Crippen LogP contribution < -0.4 is 0 Å². The second-order valence-electron chi connectivity index (χ2n) is 38.2. The fourth-order valence-electron chi connectivity index (χ4n) is 23.0. The van der Waals surface area contributed by atoms with Crippen LogP contribution in [0.5, 0.6) is 0 Å². The number of hydrogen-bond acceptors (Lipinski definition) is 6. The van der Waals surface area contributed by atoms with Crippen molar-refractivity contribution in [2.24, 2.45) is 0 Å². The highest BCUT2D eigenvalue weighted by molar-refractivity contribution is 7.28. The van der Waals surface area contributed by atoms with Crippen LogP contribution in [0.4, 0.5) is 0 Å².